The highest BCUT2D eigenvalue weighted by atomic mass is 32.2. The van der Waals surface area contributed by atoms with Crippen LogP contribution in [0.2, 0.25) is 0 Å². The molecule has 7 nitrogen and oxygen atoms in total. The minimum atomic E-state index is -3.07. The van der Waals surface area contributed by atoms with E-state index in [0.29, 0.717) is 13.0 Å². The molecule has 0 bridgehead atoms. The molecule has 0 aliphatic carbocycles. The van der Waals surface area contributed by atoms with Crippen molar-refractivity contribution in [3.05, 3.63) is 65.5 Å². The summed E-state index contributed by atoms with van der Waals surface area (Å²) < 4.78 is 23.0. The van der Waals surface area contributed by atoms with Crippen molar-refractivity contribution < 1.29 is 18.0 Å². The summed E-state index contributed by atoms with van der Waals surface area (Å²) in [6.07, 6.45) is 1.81. The van der Waals surface area contributed by atoms with Crippen molar-refractivity contribution >= 4 is 21.7 Å². The number of nitrogens with one attached hydrogen (secondary N) is 1. The van der Waals surface area contributed by atoms with E-state index in [0.717, 1.165) is 5.56 Å². The average molecular weight is 387 g/mol. The standard InChI is InChI=1S/C19H21N3O4S/c1-22(12-14-5-3-2-4-6-14)19(24)17-11-15(7-9-20-17)18(23)21-16-8-10-27(25,26)13-16/h2-7,9,11,16H,8,10,12-13H2,1H3,(H,21,23). The molecule has 1 unspecified atom stereocenters. The van der Waals surface area contributed by atoms with Crippen LogP contribution in [0.25, 0.3) is 0 Å². The van der Waals surface area contributed by atoms with Crippen molar-refractivity contribution in [1.82, 2.24) is 15.2 Å². The molecule has 1 aliphatic heterocycles. The van der Waals surface area contributed by atoms with Crippen molar-refractivity contribution in [1.29, 1.82) is 0 Å². The van der Waals surface area contributed by atoms with Crippen molar-refractivity contribution in [2.24, 2.45) is 0 Å². The third-order valence-corrected chi connectivity index (χ3v) is 6.19. The van der Waals surface area contributed by atoms with Gasteiger partial charge in [0, 0.05) is 31.4 Å². The van der Waals surface area contributed by atoms with Crippen LogP contribution >= 0.6 is 0 Å². The van der Waals surface area contributed by atoms with Crippen molar-refractivity contribution in [2.45, 2.75) is 19.0 Å². The lowest BCUT2D eigenvalue weighted by Crippen LogP contribution is -2.35. The summed E-state index contributed by atoms with van der Waals surface area (Å²) in [4.78, 5) is 30.6. The molecule has 0 saturated carbocycles. The van der Waals surface area contributed by atoms with Crippen LogP contribution in [0.3, 0.4) is 0 Å². The topological polar surface area (TPSA) is 96.4 Å². The maximum absolute atomic E-state index is 12.6. The predicted molar refractivity (Wildman–Crippen MR) is 101 cm³/mol. The lowest BCUT2D eigenvalue weighted by Gasteiger charge is -2.17. The van der Waals surface area contributed by atoms with Crippen LogP contribution in [-0.2, 0) is 16.4 Å². The highest BCUT2D eigenvalue weighted by molar-refractivity contribution is 7.91. The van der Waals surface area contributed by atoms with E-state index in [1.165, 1.54) is 23.2 Å². The molecule has 2 heterocycles. The van der Waals surface area contributed by atoms with Crippen LogP contribution in [0.5, 0.6) is 0 Å². The van der Waals surface area contributed by atoms with E-state index in [-0.39, 0.29) is 28.7 Å². The highest BCUT2D eigenvalue weighted by Gasteiger charge is 2.29. The maximum atomic E-state index is 12.6. The summed E-state index contributed by atoms with van der Waals surface area (Å²) in [5.74, 6) is -0.659. The summed E-state index contributed by atoms with van der Waals surface area (Å²) in [5, 5.41) is 2.72. The molecule has 1 fully saturated rings. The summed E-state index contributed by atoms with van der Waals surface area (Å²) >= 11 is 0. The second-order valence-electron chi connectivity index (χ2n) is 6.65. The third kappa shape index (κ3) is 4.91. The fourth-order valence-corrected chi connectivity index (χ4v) is 4.66. The Balaban J connectivity index is 1.67. The quantitative estimate of drug-likeness (QED) is 0.833. The summed E-state index contributed by atoms with van der Waals surface area (Å²) in [6, 6.07) is 12.1. The van der Waals surface area contributed by atoms with Crippen molar-refractivity contribution in [3.63, 3.8) is 0 Å². The molecule has 2 amide bonds. The number of aromatic nitrogens is 1. The van der Waals surface area contributed by atoms with Crippen LogP contribution in [0.15, 0.2) is 48.7 Å². The molecule has 3 rings (SSSR count). The van der Waals surface area contributed by atoms with Gasteiger partial charge in [0.05, 0.1) is 11.5 Å². The molecule has 2 aromatic rings. The fraction of sp³-hybridized carbons (Fsp3) is 0.316. The zero-order chi connectivity index (χ0) is 19.4. The number of carbonyl (C=O) groups is 2. The number of sulfone groups is 1. The van der Waals surface area contributed by atoms with Gasteiger partial charge < -0.3 is 10.2 Å². The average Bonchev–Trinajstić information content (AvgIpc) is 3.00. The first-order chi connectivity index (χ1) is 12.8. The van der Waals surface area contributed by atoms with Crippen LogP contribution in [-0.4, -0.2) is 54.7 Å². The first-order valence-electron chi connectivity index (χ1n) is 8.61. The largest absolute Gasteiger partial charge is 0.348 e. The van der Waals surface area contributed by atoms with E-state index < -0.39 is 21.8 Å². The van der Waals surface area contributed by atoms with Crippen LogP contribution in [0.1, 0.15) is 32.8 Å². The molecular weight excluding hydrogens is 366 g/mol. The van der Waals surface area contributed by atoms with Gasteiger partial charge in [-0.25, -0.2) is 8.42 Å². The Morgan fingerprint density at radius 2 is 1.96 bits per heavy atom. The molecule has 27 heavy (non-hydrogen) atoms. The molecule has 1 aliphatic rings. The Bertz CT molecular complexity index is 944. The monoisotopic (exact) mass is 387 g/mol. The molecule has 1 N–H and O–H groups in total. The van der Waals surface area contributed by atoms with Gasteiger partial charge in [0.2, 0.25) is 0 Å². The van der Waals surface area contributed by atoms with Gasteiger partial charge >= 0.3 is 0 Å². The van der Waals surface area contributed by atoms with Crippen LogP contribution in [0.4, 0.5) is 0 Å². The molecular formula is C19H21N3O4S. The van der Waals surface area contributed by atoms with E-state index in [9.17, 15) is 18.0 Å². The van der Waals surface area contributed by atoms with Gasteiger partial charge in [0.15, 0.2) is 9.84 Å². The predicted octanol–water partition coefficient (Wildman–Crippen LogP) is 1.27. The van der Waals surface area contributed by atoms with E-state index in [2.05, 4.69) is 10.3 Å². The van der Waals surface area contributed by atoms with Gasteiger partial charge in [-0.3, -0.25) is 14.6 Å². The van der Waals surface area contributed by atoms with Gasteiger partial charge in [-0.15, -0.1) is 0 Å². The summed E-state index contributed by atoms with van der Waals surface area (Å²) in [5.41, 5.74) is 1.44. The molecule has 0 radical (unpaired) electrons. The Labute approximate surface area is 158 Å². The highest BCUT2D eigenvalue weighted by Crippen LogP contribution is 2.13. The lowest BCUT2D eigenvalue weighted by molar-refractivity contribution is 0.0779. The number of carbonyl (C=O) groups excluding carboxylic acids is 2. The molecule has 1 aromatic heterocycles. The third-order valence-electron chi connectivity index (χ3n) is 4.42. The van der Waals surface area contributed by atoms with E-state index >= 15 is 0 Å². The minimum absolute atomic E-state index is 0.0462. The first kappa shape index (κ1) is 19.0. The second kappa shape index (κ2) is 7.87. The molecule has 1 aromatic carbocycles. The number of rotatable bonds is 5. The molecule has 1 atom stereocenters. The number of hydrogen-bond acceptors (Lipinski definition) is 5. The Morgan fingerprint density at radius 3 is 2.63 bits per heavy atom. The molecule has 142 valence electrons. The summed E-state index contributed by atoms with van der Waals surface area (Å²) in [7, 11) is -1.40. The maximum Gasteiger partial charge on any atom is 0.272 e. The number of pyridine rings is 1. The van der Waals surface area contributed by atoms with E-state index in [1.54, 1.807) is 7.05 Å². The van der Waals surface area contributed by atoms with Crippen molar-refractivity contribution in [3.8, 4) is 0 Å². The van der Waals surface area contributed by atoms with Gasteiger partial charge in [0.1, 0.15) is 5.69 Å². The molecule has 0 spiro atoms. The van der Waals surface area contributed by atoms with Crippen molar-refractivity contribution in [2.75, 3.05) is 18.6 Å². The Hall–Kier alpha value is -2.74. The van der Waals surface area contributed by atoms with E-state index in [1.807, 2.05) is 30.3 Å². The normalized spacial score (nSPS) is 18.0. The smallest absolute Gasteiger partial charge is 0.272 e. The number of amides is 2. The fourth-order valence-electron chi connectivity index (χ4n) is 2.99. The van der Waals surface area contributed by atoms with E-state index in [4.69, 9.17) is 0 Å². The summed E-state index contributed by atoms with van der Waals surface area (Å²) in [6.45, 7) is 0.428. The molecule has 8 heteroatoms. The minimum Gasteiger partial charge on any atom is -0.348 e. The number of hydrogen-bond donors (Lipinski definition) is 1. The first-order valence-corrected chi connectivity index (χ1v) is 10.4. The zero-order valence-electron chi connectivity index (χ0n) is 15.0. The van der Waals surface area contributed by atoms with Crippen LogP contribution in [0, 0.1) is 0 Å². The zero-order valence-corrected chi connectivity index (χ0v) is 15.8. The number of nitrogens with zero attached hydrogens (tertiary/aromatic N) is 2. The van der Waals surface area contributed by atoms with Gasteiger partial charge in [0.25, 0.3) is 11.8 Å². The molecule has 1 saturated heterocycles. The van der Waals surface area contributed by atoms with Gasteiger partial charge in [-0.05, 0) is 24.1 Å². The second-order valence-corrected chi connectivity index (χ2v) is 8.88. The SMILES string of the molecule is CN(Cc1ccccc1)C(=O)c1cc(C(=O)NC2CCS(=O)(=O)C2)ccn1. The Morgan fingerprint density at radius 1 is 1.22 bits per heavy atom. The van der Waals surface area contributed by atoms with Gasteiger partial charge in [-0.1, -0.05) is 30.3 Å². The lowest BCUT2D eigenvalue weighted by atomic mass is 10.1. The Kier molecular flexibility index (Phi) is 5.55. The van der Waals surface area contributed by atoms with Crippen LogP contribution < -0.4 is 5.32 Å². The number of benzene rings is 1. The van der Waals surface area contributed by atoms with Gasteiger partial charge in [-0.2, -0.15) is 0 Å².